The van der Waals surface area contributed by atoms with E-state index in [9.17, 15) is 14.7 Å². The number of ether oxygens (including phenoxy) is 1. The molecule has 1 atom stereocenters. The van der Waals surface area contributed by atoms with E-state index in [-0.39, 0.29) is 12.4 Å². The average molecular weight is 324 g/mol. The monoisotopic (exact) mass is 324 g/mol. The molecule has 0 bridgehead atoms. The van der Waals surface area contributed by atoms with Crippen molar-refractivity contribution >= 4 is 11.9 Å². The smallest absolute Gasteiger partial charge is 0.306 e. The molecule has 0 fully saturated rings. The first-order valence-electron chi connectivity index (χ1n) is 7.94. The number of carbonyl (C=O) groups excluding carboxylic acids is 1. The molecule has 1 aromatic carbocycles. The van der Waals surface area contributed by atoms with Crippen molar-refractivity contribution in [1.29, 1.82) is 0 Å². The van der Waals surface area contributed by atoms with E-state index in [0.29, 0.717) is 25.9 Å². The third-order valence-electron chi connectivity index (χ3n) is 3.27. The minimum Gasteiger partial charge on any atom is -0.481 e. The highest BCUT2D eigenvalue weighted by atomic mass is 16.5. The summed E-state index contributed by atoms with van der Waals surface area (Å²) in [5.74, 6) is -1.15. The second-order valence-electron chi connectivity index (χ2n) is 5.46. The molecule has 1 aromatic rings. The number of aryl methyl sites for hydroxylation is 1. The molecule has 0 saturated carbocycles. The van der Waals surface area contributed by atoms with Crippen LogP contribution in [0.4, 0.5) is 0 Å². The van der Waals surface area contributed by atoms with Crippen LogP contribution in [-0.4, -0.2) is 34.4 Å². The van der Waals surface area contributed by atoms with Crippen molar-refractivity contribution in [3.63, 3.8) is 0 Å². The Morgan fingerprint density at radius 1 is 1.13 bits per heavy atom. The Morgan fingerprint density at radius 3 is 2.13 bits per heavy atom. The van der Waals surface area contributed by atoms with E-state index in [1.165, 1.54) is 6.92 Å². The van der Waals surface area contributed by atoms with Crippen LogP contribution in [0.15, 0.2) is 30.3 Å². The number of aliphatic hydroxyl groups is 1. The Labute approximate surface area is 138 Å². The average Bonchev–Trinajstić information content (AvgIpc) is 2.46. The van der Waals surface area contributed by atoms with E-state index < -0.39 is 11.6 Å². The lowest BCUT2D eigenvalue weighted by atomic mass is 9.87. The second-order valence-corrected chi connectivity index (χ2v) is 5.46. The van der Waals surface area contributed by atoms with Crippen molar-refractivity contribution in [2.75, 3.05) is 6.61 Å². The van der Waals surface area contributed by atoms with Gasteiger partial charge in [-0.05, 0) is 31.7 Å². The summed E-state index contributed by atoms with van der Waals surface area (Å²) in [5.41, 5.74) is 0.0589. The highest BCUT2D eigenvalue weighted by Gasteiger charge is 2.28. The minimum atomic E-state index is -1.07. The molecule has 1 rings (SSSR count). The van der Waals surface area contributed by atoms with Gasteiger partial charge in [0, 0.05) is 6.92 Å². The quantitative estimate of drug-likeness (QED) is 0.717. The van der Waals surface area contributed by atoms with Gasteiger partial charge in [-0.15, -0.1) is 0 Å². The van der Waals surface area contributed by atoms with Crippen LogP contribution < -0.4 is 0 Å². The normalized spacial score (nSPS) is 12.5. The molecule has 0 aliphatic carbocycles. The molecule has 0 aromatic heterocycles. The molecule has 0 aliphatic heterocycles. The lowest BCUT2D eigenvalue weighted by Gasteiger charge is -2.26. The fourth-order valence-corrected chi connectivity index (χ4v) is 2.27. The molecule has 1 unspecified atom stereocenters. The molecular formula is C18H28O5. The van der Waals surface area contributed by atoms with Crippen molar-refractivity contribution in [2.45, 2.75) is 58.5 Å². The van der Waals surface area contributed by atoms with E-state index >= 15 is 0 Å². The molecule has 5 heteroatoms. The van der Waals surface area contributed by atoms with E-state index in [2.05, 4.69) is 4.74 Å². The van der Waals surface area contributed by atoms with Crippen LogP contribution in [0.3, 0.4) is 0 Å². The zero-order valence-electron chi connectivity index (χ0n) is 14.2. The van der Waals surface area contributed by atoms with Crippen molar-refractivity contribution < 1.29 is 24.5 Å². The highest BCUT2D eigenvalue weighted by molar-refractivity contribution is 5.68. The number of carbonyl (C=O) groups is 2. The zero-order valence-corrected chi connectivity index (χ0v) is 14.2. The molecule has 0 heterocycles. The summed E-state index contributed by atoms with van der Waals surface area (Å²) < 4.78 is 4.40. The van der Waals surface area contributed by atoms with Crippen LogP contribution in [0, 0.1) is 0 Å². The van der Waals surface area contributed by atoms with Gasteiger partial charge in [-0.1, -0.05) is 43.7 Å². The summed E-state index contributed by atoms with van der Waals surface area (Å²) in [4.78, 5) is 20.6. The minimum absolute atomic E-state index is 0.173. The Balaban J connectivity index is 0.000000688. The third-order valence-corrected chi connectivity index (χ3v) is 3.27. The number of carboxylic acid groups (broad SMARTS) is 1. The second kappa shape index (κ2) is 11.7. The molecule has 0 radical (unpaired) electrons. The van der Waals surface area contributed by atoms with E-state index in [1.54, 1.807) is 6.92 Å². The molecule has 5 nitrogen and oxygen atoms in total. The van der Waals surface area contributed by atoms with Crippen LogP contribution in [-0.2, 0) is 20.7 Å². The lowest BCUT2D eigenvalue weighted by Crippen LogP contribution is -2.32. The molecule has 0 amide bonds. The standard InChI is InChI=1S/C14H20O3.C4H8O2/c1-2-9-14(17,11-13(15)16)10-8-12-6-4-3-5-7-12;1-3-6-4(2)5/h3-7,17H,2,8-11H2,1H3,(H,15,16);3H2,1-2H3. The Hall–Kier alpha value is -1.88. The van der Waals surface area contributed by atoms with Gasteiger partial charge in [0.1, 0.15) is 0 Å². The fraction of sp³-hybridized carbons (Fsp3) is 0.556. The molecular weight excluding hydrogens is 296 g/mol. The summed E-state index contributed by atoms with van der Waals surface area (Å²) in [6.45, 7) is 5.61. The van der Waals surface area contributed by atoms with E-state index in [0.717, 1.165) is 12.0 Å². The van der Waals surface area contributed by atoms with Crippen LogP contribution in [0.5, 0.6) is 0 Å². The number of carboxylic acids is 1. The summed E-state index contributed by atoms with van der Waals surface area (Å²) >= 11 is 0. The van der Waals surface area contributed by atoms with Crippen LogP contribution >= 0.6 is 0 Å². The number of benzene rings is 1. The van der Waals surface area contributed by atoms with Gasteiger partial charge in [0.25, 0.3) is 0 Å². The van der Waals surface area contributed by atoms with Gasteiger partial charge in [-0.25, -0.2) is 0 Å². The van der Waals surface area contributed by atoms with Crippen LogP contribution in [0.25, 0.3) is 0 Å². The SMILES string of the molecule is CCCC(O)(CCc1ccccc1)CC(=O)O.CCOC(C)=O. The zero-order chi connectivity index (χ0) is 17.7. The first kappa shape index (κ1) is 21.1. The number of hydrogen-bond donors (Lipinski definition) is 2. The molecule has 0 spiro atoms. The van der Waals surface area contributed by atoms with E-state index in [1.807, 2.05) is 37.3 Å². The highest BCUT2D eigenvalue weighted by Crippen LogP contribution is 2.24. The van der Waals surface area contributed by atoms with Gasteiger partial charge < -0.3 is 14.9 Å². The largest absolute Gasteiger partial charge is 0.481 e. The van der Waals surface area contributed by atoms with Crippen LogP contribution in [0.2, 0.25) is 0 Å². The molecule has 0 aliphatic rings. The summed E-state index contributed by atoms with van der Waals surface area (Å²) in [6.07, 6.45) is 2.36. The van der Waals surface area contributed by atoms with Gasteiger partial charge in [0.15, 0.2) is 0 Å². The number of hydrogen-bond acceptors (Lipinski definition) is 4. The van der Waals surface area contributed by atoms with Crippen molar-refractivity contribution in [3.8, 4) is 0 Å². The van der Waals surface area contributed by atoms with Gasteiger partial charge in [-0.2, -0.15) is 0 Å². The molecule has 2 N–H and O–H groups in total. The predicted molar refractivity (Wildman–Crippen MR) is 89.2 cm³/mol. The van der Waals surface area contributed by atoms with Crippen molar-refractivity contribution in [2.24, 2.45) is 0 Å². The summed E-state index contributed by atoms with van der Waals surface area (Å²) in [5, 5.41) is 19.1. The Morgan fingerprint density at radius 2 is 1.74 bits per heavy atom. The number of rotatable bonds is 8. The van der Waals surface area contributed by atoms with Gasteiger partial charge >= 0.3 is 11.9 Å². The number of aliphatic carboxylic acids is 1. The third kappa shape index (κ3) is 11.4. The van der Waals surface area contributed by atoms with Gasteiger partial charge in [0.05, 0.1) is 18.6 Å². The van der Waals surface area contributed by atoms with Crippen LogP contribution in [0.1, 0.15) is 52.0 Å². The lowest BCUT2D eigenvalue weighted by molar-refractivity contribution is -0.143. The molecule has 23 heavy (non-hydrogen) atoms. The molecule has 130 valence electrons. The number of esters is 1. The van der Waals surface area contributed by atoms with Gasteiger partial charge in [-0.3, -0.25) is 9.59 Å². The fourth-order valence-electron chi connectivity index (χ4n) is 2.27. The Kier molecular flexibility index (Phi) is 10.7. The van der Waals surface area contributed by atoms with E-state index in [4.69, 9.17) is 5.11 Å². The van der Waals surface area contributed by atoms with Crippen molar-refractivity contribution in [1.82, 2.24) is 0 Å². The topological polar surface area (TPSA) is 83.8 Å². The molecule has 0 saturated heterocycles. The predicted octanol–water partition coefficient (Wildman–Crippen LogP) is 3.19. The van der Waals surface area contributed by atoms with Gasteiger partial charge in [0.2, 0.25) is 0 Å². The Bertz CT molecular complexity index is 458. The maximum absolute atomic E-state index is 10.7. The first-order chi connectivity index (χ1) is 10.8. The summed E-state index contributed by atoms with van der Waals surface area (Å²) in [6, 6.07) is 9.83. The first-order valence-corrected chi connectivity index (χ1v) is 7.94. The maximum Gasteiger partial charge on any atom is 0.306 e. The summed E-state index contributed by atoms with van der Waals surface area (Å²) in [7, 11) is 0. The van der Waals surface area contributed by atoms with Crippen molar-refractivity contribution in [3.05, 3.63) is 35.9 Å². The maximum atomic E-state index is 10.7.